The van der Waals surface area contributed by atoms with Gasteiger partial charge in [-0.2, -0.15) is 5.10 Å². The van der Waals surface area contributed by atoms with Crippen LogP contribution in [0.4, 0.5) is 0 Å². The van der Waals surface area contributed by atoms with Crippen LogP contribution in [0.1, 0.15) is 45.6 Å². The molecule has 1 aromatic rings. The number of nitrogens with zero attached hydrogens (tertiary/aromatic N) is 3. The van der Waals surface area contributed by atoms with Gasteiger partial charge in [0.25, 0.3) is 0 Å². The summed E-state index contributed by atoms with van der Waals surface area (Å²) in [5.74, 6) is 0.240. The number of amides is 1. The molecule has 0 aliphatic carbocycles. The third-order valence-electron chi connectivity index (χ3n) is 5.59. The summed E-state index contributed by atoms with van der Waals surface area (Å²) >= 11 is 0. The van der Waals surface area contributed by atoms with Crippen LogP contribution in [0.2, 0.25) is 0 Å². The molecule has 0 radical (unpaired) electrons. The lowest BCUT2D eigenvalue weighted by atomic mass is 9.77. The summed E-state index contributed by atoms with van der Waals surface area (Å²) < 4.78 is 1.91. The third kappa shape index (κ3) is 3.64. The minimum Gasteiger partial charge on any atom is -0.334 e. The van der Waals surface area contributed by atoms with Gasteiger partial charge < -0.3 is 15.5 Å². The van der Waals surface area contributed by atoms with Crippen LogP contribution in [-0.4, -0.2) is 52.3 Å². The van der Waals surface area contributed by atoms with Gasteiger partial charge in [0.2, 0.25) is 5.91 Å². The molecule has 0 bridgehead atoms. The lowest BCUT2D eigenvalue weighted by molar-refractivity contribution is -0.135. The Balaban J connectivity index is 1.66. The Bertz CT molecular complexity index is 562. The van der Waals surface area contributed by atoms with Crippen LogP contribution in [0, 0.1) is 5.41 Å². The number of carbonyl (C=O) groups is 1. The number of aromatic nitrogens is 2. The zero-order chi connectivity index (χ0) is 17.2. The van der Waals surface area contributed by atoms with Crippen LogP contribution in [-0.2, 0) is 17.9 Å². The zero-order valence-electron chi connectivity index (χ0n) is 15.2. The van der Waals surface area contributed by atoms with E-state index in [1.54, 1.807) is 0 Å². The Morgan fingerprint density at radius 3 is 2.83 bits per heavy atom. The fraction of sp³-hybridized carbons (Fsp3) is 0.778. The number of nitrogens with one attached hydrogen (secondary N) is 2. The van der Waals surface area contributed by atoms with Crippen molar-refractivity contribution in [3.8, 4) is 0 Å². The van der Waals surface area contributed by atoms with Crippen molar-refractivity contribution in [2.45, 2.75) is 65.2 Å². The monoisotopic (exact) mass is 333 g/mol. The summed E-state index contributed by atoms with van der Waals surface area (Å²) in [4.78, 5) is 15.1. The summed E-state index contributed by atoms with van der Waals surface area (Å²) in [6.45, 7) is 10.9. The smallest absolute Gasteiger partial charge is 0.240 e. The van der Waals surface area contributed by atoms with Crippen molar-refractivity contribution < 1.29 is 4.79 Å². The molecule has 2 N–H and O–H groups in total. The summed E-state index contributed by atoms with van der Waals surface area (Å²) in [7, 11) is 0. The van der Waals surface area contributed by atoms with E-state index in [0.29, 0.717) is 12.0 Å². The fourth-order valence-electron chi connectivity index (χ4n) is 4.00. The highest BCUT2D eigenvalue weighted by atomic mass is 16.2. The van der Waals surface area contributed by atoms with Crippen molar-refractivity contribution in [3.05, 3.63) is 18.0 Å². The zero-order valence-corrected chi connectivity index (χ0v) is 15.2. The summed E-state index contributed by atoms with van der Waals surface area (Å²) in [6, 6.07) is 0.153. The van der Waals surface area contributed by atoms with Gasteiger partial charge in [-0.25, -0.2) is 0 Å². The molecule has 6 nitrogen and oxygen atoms in total. The molecule has 0 saturated carbocycles. The Morgan fingerprint density at radius 2 is 2.21 bits per heavy atom. The molecule has 134 valence electrons. The molecule has 24 heavy (non-hydrogen) atoms. The van der Waals surface area contributed by atoms with Gasteiger partial charge in [-0.15, -0.1) is 0 Å². The van der Waals surface area contributed by atoms with E-state index >= 15 is 0 Å². The van der Waals surface area contributed by atoms with E-state index in [0.717, 1.165) is 38.2 Å². The average molecular weight is 333 g/mol. The van der Waals surface area contributed by atoms with Crippen LogP contribution < -0.4 is 10.6 Å². The normalized spacial score (nSPS) is 23.1. The molecule has 3 rings (SSSR count). The summed E-state index contributed by atoms with van der Waals surface area (Å²) in [5, 5.41) is 11.3. The molecule has 3 heterocycles. The fourth-order valence-corrected chi connectivity index (χ4v) is 4.00. The average Bonchev–Trinajstić information content (AvgIpc) is 3.20. The number of rotatable bonds is 5. The molecule has 0 unspecified atom stereocenters. The second-order valence-corrected chi connectivity index (χ2v) is 7.65. The molecule has 1 spiro atoms. The Hall–Kier alpha value is -1.40. The molecule has 2 aliphatic heterocycles. The van der Waals surface area contributed by atoms with E-state index in [4.69, 9.17) is 0 Å². The van der Waals surface area contributed by atoms with Crippen molar-refractivity contribution in [2.75, 3.05) is 19.6 Å². The molecule has 2 aliphatic rings. The predicted molar refractivity (Wildman–Crippen MR) is 94.5 cm³/mol. The highest BCUT2D eigenvalue weighted by Crippen LogP contribution is 2.38. The van der Waals surface area contributed by atoms with E-state index in [9.17, 15) is 4.79 Å². The number of carbonyl (C=O) groups excluding carboxylic acids is 1. The minimum atomic E-state index is -0.0354. The number of hydrogen-bond donors (Lipinski definition) is 2. The predicted octanol–water partition coefficient (Wildman–Crippen LogP) is 1.37. The van der Waals surface area contributed by atoms with Gasteiger partial charge in [0, 0.05) is 37.4 Å². The van der Waals surface area contributed by atoms with Gasteiger partial charge in [0.1, 0.15) is 0 Å². The maximum Gasteiger partial charge on any atom is 0.240 e. The van der Waals surface area contributed by atoms with Gasteiger partial charge >= 0.3 is 0 Å². The molecule has 2 fully saturated rings. The highest BCUT2D eigenvalue weighted by Gasteiger charge is 2.43. The molecule has 6 heteroatoms. The quantitative estimate of drug-likeness (QED) is 0.854. The van der Waals surface area contributed by atoms with Gasteiger partial charge in [-0.3, -0.25) is 9.48 Å². The summed E-state index contributed by atoms with van der Waals surface area (Å²) in [5.41, 5.74) is 1.43. The largest absolute Gasteiger partial charge is 0.334 e. The first-order chi connectivity index (χ1) is 11.5. The van der Waals surface area contributed by atoms with Gasteiger partial charge in [0.05, 0.1) is 12.2 Å². The van der Waals surface area contributed by atoms with Crippen molar-refractivity contribution >= 4 is 5.91 Å². The number of piperidine rings is 1. The van der Waals surface area contributed by atoms with E-state index in [2.05, 4.69) is 36.5 Å². The van der Waals surface area contributed by atoms with Crippen LogP contribution in [0.3, 0.4) is 0 Å². The Labute approximate surface area is 145 Å². The van der Waals surface area contributed by atoms with Crippen LogP contribution in [0.25, 0.3) is 0 Å². The topological polar surface area (TPSA) is 62.2 Å². The van der Waals surface area contributed by atoms with Gasteiger partial charge in [-0.1, -0.05) is 0 Å². The van der Waals surface area contributed by atoms with Crippen LogP contribution in [0.5, 0.6) is 0 Å². The third-order valence-corrected chi connectivity index (χ3v) is 5.59. The molecule has 2 saturated heterocycles. The first-order valence-electron chi connectivity index (χ1n) is 9.29. The molecular weight excluding hydrogens is 302 g/mol. The lowest BCUT2D eigenvalue weighted by Crippen LogP contribution is -2.46. The summed E-state index contributed by atoms with van der Waals surface area (Å²) in [6.07, 6.45) is 7.25. The van der Waals surface area contributed by atoms with E-state index in [-0.39, 0.29) is 18.0 Å². The first-order valence-corrected chi connectivity index (χ1v) is 9.29. The van der Waals surface area contributed by atoms with Crippen molar-refractivity contribution in [1.29, 1.82) is 0 Å². The standard InChI is InChI=1S/C18H31N5O/c1-4-22-11-15(10-21-22)12-23(14(2)3)17(24)16-9-18(13-20-16)5-7-19-8-6-18/h10-11,14,16,19-20H,4-9,12-13H2,1-3H3/t16-/m1/s1. The first kappa shape index (κ1) is 17.4. The maximum absolute atomic E-state index is 13.1. The molecule has 0 aromatic carbocycles. The van der Waals surface area contributed by atoms with Crippen molar-refractivity contribution in [2.24, 2.45) is 5.41 Å². The van der Waals surface area contributed by atoms with E-state index in [1.807, 2.05) is 22.0 Å². The van der Waals surface area contributed by atoms with Crippen LogP contribution >= 0.6 is 0 Å². The van der Waals surface area contributed by atoms with Crippen molar-refractivity contribution in [3.63, 3.8) is 0 Å². The Kier molecular flexibility index (Phi) is 5.25. The van der Waals surface area contributed by atoms with E-state index < -0.39 is 0 Å². The van der Waals surface area contributed by atoms with Crippen molar-refractivity contribution in [1.82, 2.24) is 25.3 Å². The SMILES string of the molecule is CCn1cc(CN(C(=O)[C@H]2CC3(CCNCC3)CN2)C(C)C)cn1. The van der Waals surface area contributed by atoms with Crippen LogP contribution in [0.15, 0.2) is 12.4 Å². The molecule has 1 atom stereocenters. The maximum atomic E-state index is 13.1. The molecule has 1 aromatic heterocycles. The lowest BCUT2D eigenvalue weighted by Gasteiger charge is -2.34. The highest BCUT2D eigenvalue weighted by molar-refractivity contribution is 5.82. The molecular formula is C18H31N5O. The molecule has 1 amide bonds. The van der Waals surface area contributed by atoms with Gasteiger partial charge in [0.15, 0.2) is 0 Å². The number of hydrogen-bond acceptors (Lipinski definition) is 4. The minimum absolute atomic E-state index is 0.0354. The van der Waals surface area contributed by atoms with E-state index in [1.165, 1.54) is 12.8 Å². The second-order valence-electron chi connectivity index (χ2n) is 7.65. The number of aryl methyl sites for hydroxylation is 1. The Morgan fingerprint density at radius 1 is 1.46 bits per heavy atom. The van der Waals surface area contributed by atoms with Gasteiger partial charge in [-0.05, 0) is 58.5 Å². The second kappa shape index (κ2) is 7.23.